The number of carbonyl (C=O) groups excluding carboxylic acids is 1. The summed E-state index contributed by atoms with van der Waals surface area (Å²) in [5.74, 6) is 0.157. The lowest BCUT2D eigenvalue weighted by Crippen LogP contribution is -2.52. The maximum atomic E-state index is 12.9. The fourth-order valence-corrected chi connectivity index (χ4v) is 3.99. The Morgan fingerprint density at radius 1 is 1.23 bits per heavy atom. The van der Waals surface area contributed by atoms with Crippen molar-refractivity contribution < 1.29 is 14.7 Å². The molecule has 30 heavy (non-hydrogen) atoms. The molecule has 3 aromatic rings. The number of imidazole rings is 1. The van der Waals surface area contributed by atoms with E-state index in [9.17, 15) is 14.7 Å². The van der Waals surface area contributed by atoms with Crippen LogP contribution in [0.4, 0.5) is 16.2 Å². The van der Waals surface area contributed by atoms with Crippen LogP contribution in [0.15, 0.2) is 43.1 Å². The highest BCUT2D eigenvalue weighted by molar-refractivity contribution is 6.04. The third-order valence-corrected chi connectivity index (χ3v) is 5.65. The van der Waals surface area contributed by atoms with Crippen LogP contribution >= 0.6 is 0 Å². The number of nitrogens with zero attached hydrogens (tertiary/aromatic N) is 5. The van der Waals surface area contributed by atoms with Gasteiger partial charge in [0.05, 0.1) is 42.2 Å². The first-order valence-corrected chi connectivity index (χ1v) is 9.99. The van der Waals surface area contributed by atoms with E-state index in [1.54, 1.807) is 22.1 Å². The highest BCUT2D eigenvalue weighted by atomic mass is 16.4. The SMILES string of the molecule is C[C@H]1CN(C(=O)O)c2cc(-c3cnn(Cc4c[nH]cn4)c3)ccc2N1C(=O)C1CC1. The third kappa shape index (κ3) is 3.22. The van der Waals surface area contributed by atoms with Gasteiger partial charge in [-0.05, 0) is 37.5 Å². The summed E-state index contributed by atoms with van der Waals surface area (Å²) in [7, 11) is 0. The van der Waals surface area contributed by atoms with E-state index in [1.165, 1.54) is 4.90 Å². The van der Waals surface area contributed by atoms with Crippen molar-refractivity contribution in [2.45, 2.75) is 32.4 Å². The van der Waals surface area contributed by atoms with Crippen LogP contribution < -0.4 is 9.80 Å². The molecule has 0 radical (unpaired) electrons. The molecule has 1 fully saturated rings. The fraction of sp³-hybridized carbons (Fsp3) is 0.333. The number of anilines is 2. The van der Waals surface area contributed by atoms with Gasteiger partial charge < -0.3 is 15.0 Å². The van der Waals surface area contributed by atoms with E-state index in [-0.39, 0.29) is 24.4 Å². The van der Waals surface area contributed by atoms with Crippen molar-refractivity contribution in [3.63, 3.8) is 0 Å². The van der Waals surface area contributed by atoms with Crippen molar-refractivity contribution in [3.05, 3.63) is 48.8 Å². The first-order valence-electron chi connectivity index (χ1n) is 9.99. The Labute approximate surface area is 172 Å². The van der Waals surface area contributed by atoms with Gasteiger partial charge >= 0.3 is 6.09 Å². The maximum Gasteiger partial charge on any atom is 0.411 e. The molecule has 2 amide bonds. The molecule has 0 saturated heterocycles. The van der Waals surface area contributed by atoms with Crippen LogP contribution in [0.3, 0.4) is 0 Å². The van der Waals surface area contributed by atoms with Gasteiger partial charge in [0.25, 0.3) is 0 Å². The Morgan fingerprint density at radius 3 is 2.77 bits per heavy atom. The zero-order valence-electron chi connectivity index (χ0n) is 16.5. The molecule has 154 valence electrons. The van der Waals surface area contributed by atoms with Crippen LogP contribution in [0.5, 0.6) is 0 Å². The van der Waals surface area contributed by atoms with E-state index in [4.69, 9.17) is 0 Å². The van der Waals surface area contributed by atoms with Crippen molar-refractivity contribution in [3.8, 4) is 11.1 Å². The van der Waals surface area contributed by atoms with Crippen LogP contribution in [0.2, 0.25) is 0 Å². The molecule has 2 aliphatic rings. The average Bonchev–Trinajstić information content (AvgIpc) is 3.26. The minimum absolute atomic E-state index is 0.0663. The number of aromatic nitrogens is 4. The zero-order valence-corrected chi connectivity index (χ0v) is 16.5. The summed E-state index contributed by atoms with van der Waals surface area (Å²) >= 11 is 0. The third-order valence-electron chi connectivity index (χ3n) is 5.65. The molecule has 9 nitrogen and oxygen atoms in total. The first-order chi connectivity index (χ1) is 14.5. The number of hydrogen-bond acceptors (Lipinski definition) is 4. The molecule has 2 N–H and O–H groups in total. The summed E-state index contributed by atoms with van der Waals surface area (Å²) in [6.07, 6.45) is 7.89. The van der Waals surface area contributed by atoms with Gasteiger partial charge in [0.2, 0.25) is 5.91 Å². The Morgan fingerprint density at radius 2 is 2.07 bits per heavy atom. The van der Waals surface area contributed by atoms with Gasteiger partial charge in [0.1, 0.15) is 0 Å². The second kappa shape index (κ2) is 7.01. The number of fused-ring (bicyclic) bond motifs is 1. The van der Waals surface area contributed by atoms with E-state index in [0.717, 1.165) is 29.7 Å². The maximum absolute atomic E-state index is 12.9. The Balaban J connectivity index is 1.50. The number of aromatic amines is 1. The van der Waals surface area contributed by atoms with Crippen molar-refractivity contribution in [2.75, 3.05) is 16.3 Å². The van der Waals surface area contributed by atoms with E-state index in [2.05, 4.69) is 15.1 Å². The summed E-state index contributed by atoms with van der Waals surface area (Å²) in [5.41, 5.74) is 3.78. The average molecular weight is 406 g/mol. The van der Waals surface area contributed by atoms with Gasteiger partial charge in [-0.25, -0.2) is 9.78 Å². The van der Waals surface area contributed by atoms with Crippen LogP contribution in [-0.2, 0) is 11.3 Å². The summed E-state index contributed by atoms with van der Waals surface area (Å²) in [4.78, 5) is 35.0. The summed E-state index contributed by atoms with van der Waals surface area (Å²) in [5, 5.41) is 14.1. The zero-order chi connectivity index (χ0) is 20.8. The number of rotatable bonds is 4. The molecule has 9 heteroatoms. The molecule has 5 rings (SSSR count). The topological polar surface area (TPSA) is 107 Å². The number of nitrogens with one attached hydrogen (secondary N) is 1. The standard InChI is InChI=1S/C21H22N6O3/c1-13-9-26(21(29)30)19-6-15(4-5-18(19)27(13)20(28)14-2-3-14)16-7-24-25(10-16)11-17-8-22-12-23-17/h4-8,10,12-14H,2-3,9,11H2,1H3,(H,22,23)(H,29,30)/t13-/m0/s1. The number of hydrogen-bond donors (Lipinski definition) is 2. The molecule has 1 saturated carbocycles. The molecular weight excluding hydrogens is 384 g/mol. The summed E-state index contributed by atoms with van der Waals surface area (Å²) < 4.78 is 1.78. The second-order valence-corrected chi connectivity index (χ2v) is 7.92. The molecule has 1 atom stereocenters. The van der Waals surface area contributed by atoms with Crippen LogP contribution in [0.25, 0.3) is 11.1 Å². The Bertz CT molecular complexity index is 1100. The number of H-pyrrole nitrogens is 1. The van der Waals surface area contributed by atoms with Crippen molar-refractivity contribution in [2.24, 2.45) is 5.92 Å². The largest absolute Gasteiger partial charge is 0.465 e. The normalized spacial score (nSPS) is 18.4. The minimum Gasteiger partial charge on any atom is -0.465 e. The summed E-state index contributed by atoms with van der Waals surface area (Å²) in [6.45, 7) is 2.69. The fourth-order valence-electron chi connectivity index (χ4n) is 3.99. The molecule has 0 unspecified atom stereocenters. The van der Waals surface area contributed by atoms with Crippen molar-refractivity contribution >= 4 is 23.4 Å². The van der Waals surface area contributed by atoms with Gasteiger partial charge in [0, 0.05) is 30.4 Å². The van der Waals surface area contributed by atoms with Gasteiger partial charge in [-0.2, -0.15) is 5.10 Å². The molecule has 0 spiro atoms. The van der Waals surface area contributed by atoms with E-state index >= 15 is 0 Å². The number of carboxylic acid groups (broad SMARTS) is 1. The highest BCUT2D eigenvalue weighted by Crippen LogP contribution is 2.42. The van der Waals surface area contributed by atoms with Gasteiger partial charge in [0.15, 0.2) is 0 Å². The van der Waals surface area contributed by atoms with Crippen LogP contribution in [0, 0.1) is 5.92 Å². The molecular formula is C21H22N6O3. The highest BCUT2D eigenvalue weighted by Gasteiger charge is 2.41. The molecule has 3 heterocycles. The smallest absolute Gasteiger partial charge is 0.411 e. The number of carbonyl (C=O) groups is 2. The minimum atomic E-state index is -1.02. The molecule has 0 bridgehead atoms. The molecule has 1 aromatic carbocycles. The second-order valence-electron chi connectivity index (χ2n) is 7.92. The Hall–Kier alpha value is -3.62. The lowest BCUT2D eigenvalue weighted by molar-refractivity contribution is -0.120. The number of benzene rings is 1. The lowest BCUT2D eigenvalue weighted by Gasteiger charge is -2.40. The van der Waals surface area contributed by atoms with Gasteiger partial charge in [-0.1, -0.05) is 6.07 Å². The summed E-state index contributed by atoms with van der Waals surface area (Å²) in [6, 6.07) is 5.39. The number of amides is 2. The lowest BCUT2D eigenvalue weighted by atomic mass is 10.0. The predicted octanol–water partition coefficient (Wildman–Crippen LogP) is 2.95. The predicted molar refractivity (Wildman–Crippen MR) is 110 cm³/mol. The molecule has 1 aliphatic carbocycles. The van der Waals surface area contributed by atoms with E-state index in [1.807, 2.05) is 37.5 Å². The van der Waals surface area contributed by atoms with Crippen LogP contribution in [-0.4, -0.2) is 49.4 Å². The van der Waals surface area contributed by atoms with Crippen molar-refractivity contribution in [1.29, 1.82) is 0 Å². The molecule has 1 aliphatic heterocycles. The van der Waals surface area contributed by atoms with E-state index in [0.29, 0.717) is 17.9 Å². The monoisotopic (exact) mass is 406 g/mol. The Kier molecular flexibility index (Phi) is 4.30. The van der Waals surface area contributed by atoms with Gasteiger partial charge in [-0.15, -0.1) is 0 Å². The quantitative estimate of drug-likeness (QED) is 0.693. The van der Waals surface area contributed by atoms with Crippen LogP contribution in [0.1, 0.15) is 25.5 Å². The van der Waals surface area contributed by atoms with Crippen molar-refractivity contribution in [1.82, 2.24) is 19.7 Å². The first kappa shape index (κ1) is 18.4. The van der Waals surface area contributed by atoms with Gasteiger partial charge in [-0.3, -0.25) is 14.4 Å². The molecule has 2 aromatic heterocycles. The van der Waals surface area contributed by atoms with E-state index < -0.39 is 6.09 Å².